The fraction of sp³-hybridized carbons (Fsp3) is 0.552. The molecule has 0 bridgehead atoms. The Hall–Kier alpha value is -2.72. The van der Waals surface area contributed by atoms with Crippen molar-refractivity contribution in [3.8, 4) is 16.9 Å². The van der Waals surface area contributed by atoms with Crippen molar-refractivity contribution in [2.75, 3.05) is 39.3 Å². The summed E-state index contributed by atoms with van der Waals surface area (Å²) < 4.78 is 75.9. The van der Waals surface area contributed by atoms with Gasteiger partial charge in [0.25, 0.3) is 5.91 Å². The first-order chi connectivity index (χ1) is 18.6. The minimum Gasteiger partial charge on any atom is -0.490 e. The third kappa shape index (κ3) is 5.77. The number of piperidine rings is 1. The molecule has 1 atom stereocenters. The van der Waals surface area contributed by atoms with Gasteiger partial charge >= 0.3 is 6.18 Å². The Morgan fingerprint density at radius 1 is 0.974 bits per heavy atom. The molecule has 212 valence electrons. The number of carbonyl (C=O) groups is 1. The fourth-order valence-electron chi connectivity index (χ4n) is 5.85. The summed E-state index contributed by atoms with van der Waals surface area (Å²) in [6, 6.07) is 9.02. The second-order valence-corrected chi connectivity index (χ2v) is 11.2. The topological polar surface area (TPSA) is 53.0 Å². The first kappa shape index (κ1) is 27.8. The standard InChI is InChI=1S/C29H33F5N2O3/c30-25-23(20-2-4-21(5-3-20)27(38)36-15-10-22(37)16-36)6-7-24(26(25)31)39-17-19-8-13-35(14-9-19)18-28(11-1-12-28)29(32,33)34/h2-7,19,22,37H,1,8-18H2. The molecule has 1 aliphatic carbocycles. The molecule has 1 amide bonds. The summed E-state index contributed by atoms with van der Waals surface area (Å²) in [4.78, 5) is 16.0. The van der Waals surface area contributed by atoms with Gasteiger partial charge in [-0.3, -0.25) is 4.79 Å². The highest BCUT2D eigenvalue weighted by Crippen LogP contribution is 2.53. The van der Waals surface area contributed by atoms with Gasteiger partial charge in [-0.2, -0.15) is 17.6 Å². The van der Waals surface area contributed by atoms with Crippen LogP contribution in [-0.2, 0) is 0 Å². The smallest absolute Gasteiger partial charge is 0.395 e. The summed E-state index contributed by atoms with van der Waals surface area (Å²) in [5.74, 6) is -2.53. The van der Waals surface area contributed by atoms with Gasteiger partial charge in [-0.15, -0.1) is 0 Å². The van der Waals surface area contributed by atoms with Crippen LogP contribution in [0.4, 0.5) is 22.0 Å². The van der Waals surface area contributed by atoms with Crippen LogP contribution < -0.4 is 4.74 Å². The maximum Gasteiger partial charge on any atom is 0.395 e. The normalized spacial score (nSPS) is 22.1. The Bertz CT molecular complexity index is 1170. The first-order valence-electron chi connectivity index (χ1n) is 13.5. The molecule has 2 saturated heterocycles. The number of ether oxygens (including phenoxy) is 1. The van der Waals surface area contributed by atoms with E-state index < -0.39 is 29.3 Å². The molecule has 1 unspecified atom stereocenters. The largest absolute Gasteiger partial charge is 0.490 e. The summed E-state index contributed by atoms with van der Waals surface area (Å²) >= 11 is 0. The monoisotopic (exact) mass is 552 g/mol. The van der Waals surface area contributed by atoms with Crippen LogP contribution in [0.15, 0.2) is 36.4 Å². The van der Waals surface area contributed by atoms with E-state index in [1.807, 2.05) is 4.90 Å². The van der Waals surface area contributed by atoms with Gasteiger partial charge in [0.05, 0.1) is 18.1 Å². The minimum absolute atomic E-state index is 0.0297. The van der Waals surface area contributed by atoms with Crippen molar-refractivity contribution < 1.29 is 36.6 Å². The van der Waals surface area contributed by atoms with E-state index in [2.05, 4.69) is 0 Å². The van der Waals surface area contributed by atoms with Crippen molar-refractivity contribution in [2.45, 2.75) is 50.8 Å². The molecule has 0 aromatic heterocycles. The fourth-order valence-corrected chi connectivity index (χ4v) is 5.85. The molecule has 0 radical (unpaired) electrons. The van der Waals surface area contributed by atoms with Crippen molar-refractivity contribution in [3.05, 3.63) is 53.6 Å². The second kappa shape index (κ2) is 11.0. The number of β-amino-alcohol motifs (C(OH)–C–C–N with tert-alkyl or cyclic N) is 1. The van der Waals surface area contributed by atoms with Crippen molar-refractivity contribution in [2.24, 2.45) is 11.3 Å². The van der Waals surface area contributed by atoms with Gasteiger partial charge in [0.1, 0.15) is 0 Å². The van der Waals surface area contributed by atoms with E-state index in [-0.39, 0.29) is 55.7 Å². The molecule has 39 heavy (non-hydrogen) atoms. The molecule has 2 aliphatic heterocycles. The molecule has 2 aromatic carbocycles. The van der Waals surface area contributed by atoms with Crippen LogP contribution in [0.1, 0.15) is 48.9 Å². The third-order valence-corrected chi connectivity index (χ3v) is 8.56. The SMILES string of the molecule is O=C(c1ccc(-c2ccc(OCC3CCN(CC4(C(F)(F)F)CCC4)CC3)c(F)c2F)cc1)N1CCC(O)C1. The maximum atomic E-state index is 14.9. The lowest BCUT2D eigenvalue weighted by molar-refractivity contribution is -0.256. The number of benzene rings is 2. The van der Waals surface area contributed by atoms with Crippen molar-refractivity contribution in [1.29, 1.82) is 0 Å². The highest BCUT2D eigenvalue weighted by Gasteiger charge is 2.58. The number of carbonyl (C=O) groups excluding carboxylic acids is 1. The number of hydrogen-bond donors (Lipinski definition) is 1. The minimum atomic E-state index is -4.18. The van der Waals surface area contributed by atoms with E-state index in [4.69, 9.17) is 4.74 Å². The Morgan fingerprint density at radius 3 is 2.23 bits per heavy atom. The molecule has 10 heteroatoms. The first-order valence-corrected chi connectivity index (χ1v) is 13.5. The number of hydrogen-bond acceptors (Lipinski definition) is 4. The molecule has 5 nitrogen and oxygen atoms in total. The number of nitrogens with zero attached hydrogens (tertiary/aromatic N) is 2. The predicted molar refractivity (Wildman–Crippen MR) is 135 cm³/mol. The number of likely N-dealkylation sites (tertiary alicyclic amines) is 2. The van der Waals surface area contributed by atoms with Crippen LogP contribution in [0.3, 0.4) is 0 Å². The Kier molecular flexibility index (Phi) is 7.88. The number of aliphatic hydroxyl groups excluding tert-OH is 1. The zero-order chi connectivity index (χ0) is 27.8. The van der Waals surface area contributed by atoms with Crippen LogP contribution >= 0.6 is 0 Å². The number of aliphatic hydroxyl groups is 1. The summed E-state index contributed by atoms with van der Waals surface area (Å²) in [6.07, 6.45) is -1.92. The average Bonchev–Trinajstić information content (AvgIpc) is 3.33. The van der Waals surface area contributed by atoms with E-state index in [1.54, 1.807) is 29.2 Å². The van der Waals surface area contributed by atoms with E-state index >= 15 is 0 Å². The molecule has 1 saturated carbocycles. The van der Waals surface area contributed by atoms with Crippen molar-refractivity contribution in [1.82, 2.24) is 9.80 Å². The van der Waals surface area contributed by atoms with Crippen LogP contribution in [0.2, 0.25) is 0 Å². The summed E-state index contributed by atoms with van der Waals surface area (Å²) in [7, 11) is 0. The van der Waals surface area contributed by atoms with E-state index in [0.717, 1.165) is 0 Å². The zero-order valence-electron chi connectivity index (χ0n) is 21.7. The van der Waals surface area contributed by atoms with Crippen LogP contribution in [0.5, 0.6) is 5.75 Å². The molecule has 1 N–H and O–H groups in total. The molecule has 2 heterocycles. The molecule has 0 spiro atoms. The quantitative estimate of drug-likeness (QED) is 0.451. The van der Waals surface area contributed by atoms with Gasteiger partial charge in [0.2, 0.25) is 5.82 Å². The molecule has 5 rings (SSSR count). The second-order valence-electron chi connectivity index (χ2n) is 11.2. The van der Waals surface area contributed by atoms with Gasteiger partial charge in [-0.05, 0) is 80.9 Å². The Morgan fingerprint density at radius 2 is 1.67 bits per heavy atom. The third-order valence-electron chi connectivity index (χ3n) is 8.56. The lowest BCUT2D eigenvalue weighted by Gasteiger charge is -2.47. The summed E-state index contributed by atoms with van der Waals surface area (Å²) in [6.45, 7) is 2.00. The lowest BCUT2D eigenvalue weighted by atomic mass is 9.67. The molecule has 2 aromatic rings. The van der Waals surface area contributed by atoms with Crippen LogP contribution in [-0.4, -0.2) is 72.4 Å². The molecule has 3 fully saturated rings. The summed E-state index contributed by atoms with van der Waals surface area (Å²) in [5, 5.41) is 9.64. The van der Waals surface area contributed by atoms with Gasteiger partial charge in [0.15, 0.2) is 11.6 Å². The van der Waals surface area contributed by atoms with Gasteiger partial charge in [-0.25, -0.2) is 4.39 Å². The number of alkyl halides is 3. The van der Waals surface area contributed by atoms with Gasteiger partial charge in [0, 0.05) is 30.8 Å². The van der Waals surface area contributed by atoms with E-state index in [9.17, 15) is 31.9 Å². The predicted octanol–water partition coefficient (Wildman–Crippen LogP) is 5.66. The van der Waals surface area contributed by atoms with Crippen molar-refractivity contribution in [3.63, 3.8) is 0 Å². The van der Waals surface area contributed by atoms with Gasteiger partial charge in [-0.1, -0.05) is 18.6 Å². The molecule has 3 aliphatic rings. The number of rotatable bonds is 7. The average molecular weight is 553 g/mol. The Balaban J connectivity index is 1.15. The highest BCUT2D eigenvalue weighted by atomic mass is 19.4. The van der Waals surface area contributed by atoms with Crippen molar-refractivity contribution >= 4 is 5.91 Å². The van der Waals surface area contributed by atoms with Crippen LogP contribution in [0.25, 0.3) is 11.1 Å². The van der Waals surface area contributed by atoms with E-state index in [1.165, 1.54) is 12.1 Å². The maximum absolute atomic E-state index is 14.9. The highest BCUT2D eigenvalue weighted by molar-refractivity contribution is 5.95. The molecular formula is C29H33F5N2O3. The zero-order valence-corrected chi connectivity index (χ0v) is 21.7. The van der Waals surface area contributed by atoms with E-state index in [0.29, 0.717) is 56.4 Å². The number of amides is 1. The van der Waals surface area contributed by atoms with Crippen LogP contribution in [0, 0.1) is 23.0 Å². The van der Waals surface area contributed by atoms with Gasteiger partial charge < -0.3 is 19.6 Å². The lowest BCUT2D eigenvalue weighted by Crippen LogP contribution is -2.53. The number of halogens is 5. The Labute approximate surface area is 224 Å². The molecular weight excluding hydrogens is 519 g/mol. The summed E-state index contributed by atoms with van der Waals surface area (Å²) in [5.41, 5.74) is -0.725.